The van der Waals surface area contributed by atoms with E-state index in [1.807, 2.05) is 0 Å². The Kier molecular flexibility index (Phi) is 3.97. The van der Waals surface area contributed by atoms with Gasteiger partial charge in [0.15, 0.2) is 0 Å². The third-order valence-electron chi connectivity index (χ3n) is 3.33. The smallest absolute Gasteiger partial charge is 0.328 e. The number of carbonyl (C=O) groups excluding carboxylic acids is 2. The molecule has 0 spiro atoms. The summed E-state index contributed by atoms with van der Waals surface area (Å²) in [4.78, 5) is 35.3. The summed E-state index contributed by atoms with van der Waals surface area (Å²) < 4.78 is 4.66. The fourth-order valence-corrected chi connectivity index (χ4v) is 2.32. The molecule has 1 aliphatic rings. The molecule has 1 aromatic carbocycles. The molecule has 1 aromatic rings. The van der Waals surface area contributed by atoms with Gasteiger partial charge >= 0.3 is 5.97 Å². The van der Waals surface area contributed by atoms with Crippen molar-refractivity contribution in [3.05, 3.63) is 39.9 Å². The molecule has 1 atom stereocenters. The van der Waals surface area contributed by atoms with Crippen LogP contribution in [0.4, 0.5) is 5.69 Å². The number of rotatable bonds is 4. The number of carbonyl (C=O) groups is 2. The molecule has 0 radical (unpaired) electrons. The average molecular weight is 278 g/mol. The molecular formula is C13H14N2O5. The number of nitrogens with zero attached hydrogens (tertiary/aromatic N) is 2. The Morgan fingerprint density at radius 3 is 2.85 bits per heavy atom. The number of para-hydroxylation sites is 1. The first-order valence-corrected chi connectivity index (χ1v) is 6.14. The van der Waals surface area contributed by atoms with Crippen LogP contribution in [-0.4, -0.2) is 34.9 Å². The summed E-state index contributed by atoms with van der Waals surface area (Å²) in [6, 6.07) is 5.52. The van der Waals surface area contributed by atoms with Crippen molar-refractivity contribution in [2.75, 3.05) is 7.11 Å². The Morgan fingerprint density at radius 2 is 2.20 bits per heavy atom. The van der Waals surface area contributed by atoms with Gasteiger partial charge in [-0.25, -0.2) is 4.79 Å². The summed E-state index contributed by atoms with van der Waals surface area (Å²) in [6.07, 6.45) is 0.631. The fraction of sp³-hybridized carbons (Fsp3) is 0.385. The van der Waals surface area contributed by atoms with Crippen molar-refractivity contribution < 1.29 is 19.2 Å². The quantitative estimate of drug-likeness (QED) is 0.470. The molecule has 106 valence electrons. The zero-order valence-corrected chi connectivity index (χ0v) is 10.9. The van der Waals surface area contributed by atoms with E-state index in [4.69, 9.17) is 0 Å². The van der Waals surface area contributed by atoms with Crippen LogP contribution in [0.1, 0.15) is 18.4 Å². The lowest BCUT2D eigenvalue weighted by molar-refractivity contribution is -0.385. The lowest BCUT2D eigenvalue weighted by atomic mass is 10.1. The average Bonchev–Trinajstić information content (AvgIpc) is 2.80. The van der Waals surface area contributed by atoms with E-state index in [0.717, 1.165) is 0 Å². The molecule has 1 amide bonds. The number of benzene rings is 1. The van der Waals surface area contributed by atoms with Gasteiger partial charge < -0.3 is 9.64 Å². The maximum Gasteiger partial charge on any atom is 0.328 e. The van der Waals surface area contributed by atoms with Crippen LogP contribution in [0.5, 0.6) is 0 Å². The molecule has 1 heterocycles. The van der Waals surface area contributed by atoms with Gasteiger partial charge in [-0.05, 0) is 6.42 Å². The largest absolute Gasteiger partial charge is 0.467 e. The van der Waals surface area contributed by atoms with Crippen LogP contribution in [0.2, 0.25) is 0 Å². The Labute approximate surface area is 115 Å². The van der Waals surface area contributed by atoms with Crippen LogP contribution < -0.4 is 0 Å². The van der Waals surface area contributed by atoms with Gasteiger partial charge in [-0.1, -0.05) is 18.2 Å². The summed E-state index contributed by atoms with van der Waals surface area (Å²) >= 11 is 0. The number of hydrogen-bond acceptors (Lipinski definition) is 5. The van der Waals surface area contributed by atoms with Crippen molar-refractivity contribution in [2.24, 2.45) is 0 Å². The van der Waals surface area contributed by atoms with E-state index in [0.29, 0.717) is 12.0 Å². The summed E-state index contributed by atoms with van der Waals surface area (Å²) in [7, 11) is 1.26. The minimum absolute atomic E-state index is 0.0375. The SMILES string of the molecule is COC(=O)[C@@H]1CCC(=O)N1Cc1ccccc1[N+](=O)[O-]. The highest BCUT2D eigenvalue weighted by atomic mass is 16.6. The minimum Gasteiger partial charge on any atom is -0.467 e. The molecule has 7 heteroatoms. The van der Waals surface area contributed by atoms with E-state index in [9.17, 15) is 19.7 Å². The molecule has 0 aliphatic carbocycles. The zero-order chi connectivity index (χ0) is 14.7. The Balaban J connectivity index is 2.26. The second-order valence-corrected chi connectivity index (χ2v) is 4.49. The molecule has 0 saturated carbocycles. The van der Waals surface area contributed by atoms with Crippen LogP contribution in [0, 0.1) is 10.1 Å². The van der Waals surface area contributed by atoms with Gasteiger partial charge in [0, 0.05) is 18.1 Å². The topological polar surface area (TPSA) is 89.8 Å². The second-order valence-electron chi connectivity index (χ2n) is 4.49. The number of nitro benzene ring substituents is 1. The van der Waals surface area contributed by atoms with Crippen molar-refractivity contribution in [1.29, 1.82) is 0 Å². The van der Waals surface area contributed by atoms with Gasteiger partial charge in [0.25, 0.3) is 5.69 Å². The normalized spacial score (nSPS) is 18.1. The number of ether oxygens (including phenoxy) is 1. The van der Waals surface area contributed by atoms with Gasteiger partial charge in [-0.3, -0.25) is 14.9 Å². The number of likely N-dealkylation sites (tertiary alicyclic amines) is 1. The molecule has 0 N–H and O–H groups in total. The highest BCUT2D eigenvalue weighted by molar-refractivity contribution is 5.88. The zero-order valence-electron chi connectivity index (χ0n) is 10.9. The first kappa shape index (κ1) is 14.0. The standard InChI is InChI=1S/C13H14N2O5/c1-20-13(17)11-6-7-12(16)14(11)8-9-4-2-3-5-10(9)15(18)19/h2-5,11H,6-8H2,1H3/t11-/m0/s1. The predicted octanol–water partition coefficient (Wildman–Crippen LogP) is 1.26. The summed E-state index contributed by atoms with van der Waals surface area (Å²) in [5.41, 5.74) is 0.345. The lowest BCUT2D eigenvalue weighted by Crippen LogP contribution is -2.38. The van der Waals surface area contributed by atoms with E-state index < -0.39 is 16.9 Å². The van der Waals surface area contributed by atoms with E-state index in [1.54, 1.807) is 18.2 Å². The number of nitro groups is 1. The lowest BCUT2D eigenvalue weighted by Gasteiger charge is -2.22. The molecular weight excluding hydrogens is 264 g/mol. The summed E-state index contributed by atoms with van der Waals surface area (Å²) in [5, 5.41) is 11.0. The van der Waals surface area contributed by atoms with Crippen LogP contribution in [0.3, 0.4) is 0 Å². The molecule has 0 bridgehead atoms. The van der Waals surface area contributed by atoms with Crippen LogP contribution in [0.15, 0.2) is 24.3 Å². The minimum atomic E-state index is -0.660. The molecule has 1 fully saturated rings. The maximum atomic E-state index is 11.8. The number of esters is 1. The van der Waals surface area contributed by atoms with Gasteiger partial charge in [0.1, 0.15) is 6.04 Å². The second kappa shape index (κ2) is 5.68. The van der Waals surface area contributed by atoms with Gasteiger partial charge in [-0.2, -0.15) is 0 Å². The van der Waals surface area contributed by atoms with Crippen molar-refractivity contribution in [1.82, 2.24) is 4.90 Å². The Bertz CT molecular complexity index is 557. The van der Waals surface area contributed by atoms with E-state index in [-0.39, 0.29) is 24.6 Å². The molecule has 0 aromatic heterocycles. The Hall–Kier alpha value is -2.44. The van der Waals surface area contributed by atoms with Crippen LogP contribution in [-0.2, 0) is 20.9 Å². The monoisotopic (exact) mass is 278 g/mol. The van der Waals surface area contributed by atoms with E-state index in [1.165, 1.54) is 18.1 Å². The van der Waals surface area contributed by atoms with E-state index in [2.05, 4.69) is 4.74 Å². The van der Waals surface area contributed by atoms with Crippen LogP contribution >= 0.6 is 0 Å². The fourth-order valence-electron chi connectivity index (χ4n) is 2.32. The number of hydrogen-bond donors (Lipinski definition) is 0. The van der Waals surface area contributed by atoms with Crippen molar-refractivity contribution in [3.63, 3.8) is 0 Å². The van der Waals surface area contributed by atoms with Gasteiger partial charge in [0.2, 0.25) is 5.91 Å². The summed E-state index contributed by atoms with van der Waals surface area (Å²) in [5.74, 6) is -0.687. The third-order valence-corrected chi connectivity index (χ3v) is 3.33. The van der Waals surface area contributed by atoms with Crippen LogP contribution in [0.25, 0.3) is 0 Å². The first-order chi connectivity index (χ1) is 9.54. The molecule has 7 nitrogen and oxygen atoms in total. The van der Waals surface area contributed by atoms with Gasteiger partial charge in [-0.15, -0.1) is 0 Å². The number of amides is 1. The molecule has 20 heavy (non-hydrogen) atoms. The van der Waals surface area contributed by atoms with Gasteiger partial charge in [0.05, 0.1) is 18.6 Å². The predicted molar refractivity (Wildman–Crippen MR) is 68.7 cm³/mol. The maximum absolute atomic E-state index is 11.8. The first-order valence-electron chi connectivity index (χ1n) is 6.14. The van der Waals surface area contributed by atoms with Crippen molar-refractivity contribution in [2.45, 2.75) is 25.4 Å². The van der Waals surface area contributed by atoms with Crippen molar-refractivity contribution >= 4 is 17.6 Å². The van der Waals surface area contributed by atoms with Crippen molar-refractivity contribution in [3.8, 4) is 0 Å². The number of methoxy groups -OCH3 is 1. The summed E-state index contributed by atoms with van der Waals surface area (Å²) in [6.45, 7) is 0.0375. The molecule has 1 aliphatic heterocycles. The Morgan fingerprint density at radius 1 is 1.50 bits per heavy atom. The molecule has 0 unspecified atom stereocenters. The third kappa shape index (κ3) is 2.61. The highest BCUT2D eigenvalue weighted by Gasteiger charge is 2.37. The van der Waals surface area contributed by atoms with E-state index >= 15 is 0 Å². The highest BCUT2D eigenvalue weighted by Crippen LogP contribution is 2.26. The molecule has 1 saturated heterocycles. The molecule has 2 rings (SSSR count).